The number of carbonyl (C=O) groups excluding carboxylic acids is 1. The summed E-state index contributed by atoms with van der Waals surface area (Å²) in [4.78, 5) is 20.6. The molecule has 2 saturated carbocycles. The highest BCUT2D eigenvalue weighted by molar-refractivity contribution is 6.11. The van der Waals surface area contributed by atoms with Gasteiger partial charge in [0.1, 0.15) is 0 Å². The van der Waals surface area contributed by atoms with E-state index < -0.39 is 0 Å². The van der Waals surface area contributed by atoms with Crippen LogP contribution in [0, 0.1) is 11.8 Å². The molecule has 2 aliphatic carbocycles. The van der Waals surface area contributed by atoms with Crippen LogP contribution in [-0.4, -0.2) is 50.2 Å². The topological polar surface area (TPSA) is 69.6 Å². The molecule has 1 aromatic carbocycles. The van der Waals surface area contributed by atoms with Gasteiger partial charge < -0.3 is 18.9 Å². The van der Waals surface area contributed by atoms with Crippen LogP contribution in [-0.2, 0) is 9.53 Å². The Bertz CT molecular complexity index is 951. The van der Waals surface area contributed by atoms with Crippen LogP contribution in [0.15, 0.2) is 22.9 Å². The van der Waals surface area contributed by atoms with Crippen molar-refractivity contribution in [1.82, 2.24) is 4.90 Å². The van der Waals surface area contributed by atoms with Gasteiger partial charge in [0.05, 0.1) is 27.4 Å². The van der Waals surface area contributed by atoms with E-state index in [4.69, 9.17) is 23.9 Å². The first-order chi connectivity index (χ1) is 17.5. The number of ether oxygens (including phenoxy) is 4. The molecule has 1 saturated heterocycles. The largest absolute Gasteiger partial charge is 0.493 e. The normalized spacial score (nSPS) is 23.6. The summed E-state index contributed by atoms with van der Waals surface area (Å²) in [6, 6.07) is 4.25. The van der Waals surface area contributed by atoms with Crippen molar-refractivity contribution < 1.29 is 23.7 Å². The monoisotopic (exact) mass is 498 g/mol. The van der Waals surface area contributed by atoms with E-state index >= 15 is 0 Å². The van der Waals surface area contributed by atoms with Crippen LogP contribution in [0.25, 0.3) is 6.08 Å². The first-order valence-electron chi connectivity index (χ1n) is 13.6. The van der Waals surface area contributed by atoms with E-state index in [-0.39, 0.29) is 23.8 Å². The smallest absolute Gasteiger partial charge is 0.300 e. The van der Waals surface area contributed by atoms with Crippen LogP contribution in [0.2, 0.25) is 0 Å². The lowest BCUT2D eigenvalue weighted by Gasteiger charge is -2.33. The summed E-state index contributed by atoms with van der Waals surface area (Å²) >= 11 is 0. The fourth-order valence-corrected chi connectivity index (χ4v) is 6.00. The summed E-state index contributed by atoms with van der Waals surface area (Å²) in [6.07, 6.45) is 14.0. The molecule has 3 fully saturated rings. The maximum Gasteiger partial charge on any atom is 0.300 e. The summed E-state index contributed by atoms with van der Waals surface area (Å²) in [6.45, 7) is 4.32. The highest BCUT2D eigenvalue weighted by atomic mass is 16.5. The van der Waals surface area contributed by atoms with Gasteiger partial charge in [-0.15, -0.1) is 0 Å². The first kappa shape index (κ1) is 26.4. The number of nitrogens with zero attached hydrogens (tertiary/aromatic N) is 2. The third kappa shape index (κ3) is 5.65. The van der Waals surface area contributed by atoms with Crippen molar-refractivity contribution in [2.24, 2.45) is 16.8 Å². The van der Waals surface area contributed by atoms with E-state index in [1.807, 2.05) is 17.0 Å². The number of carbonyl (C=O) groups is 1. The van der Waals surface area contributed by atoms with Crippen LogP contribution >= 0.6 is 0 Å². The highest BCUT2D eigenvalue weighted by Crippen LogP contribution is 2.40. The third-order valence-corrected chi connectivity index (χ3v) is 8.21. The van der Waals surface area contributed by atoms with Gasteiger partial charge in [0.15, 0.2) is 17.3 Å². The molecule has 198 valence electrons. The molecule has 0 spiro atoms. The molecule has 0 aromatic heterocycles. The van der Waals surface area contributed by atoms with Gasteiger partial charge in [-0.2, -0.15) is 0 Å². The zero-order valence-electron chi connectivity index (χ0n) is 22.5. The Morgan fingerprint density at radius 1 is 0.889 bits per heavy atom. The minimum absolute atomic E-state index is 0.0425. The van der Waals surface area contributed by atoms with Gasteiger partial charge in [0, 0.05) is 6.04 Å². The second-order valence-corrected chi connectivity index (χ2v) is 10.4. The van der Waals surface area contributed by atoms with Crippen LogP contribution in [0.3, 0.4) is 0 Å². The van der Waals surface area contributed by atoms with Gasteiger partial charge in [-0.1, -0.05) is 38.5 Å². The van der Waals surface area contributed by atoms with Crippen molar-refractivity contribution in [3.05, 3.63) is 23.5 Å². The summed E-state index contributed by atoms with van der Waals surface area (Å²) in [5.74, 6) is 2.72. The number of hydrogen-bond donors (Lipinski definition) is 0. The van der Waals surface area contributed by atoms with Gasteiger partial charge in [-0.05, 0) is 75.1 Å². The lowest BCUT2D eigenvalue weighted by Crippen LogP contribution is -2.43. The zero-order valence-corrected chi connectivity index (χ0v) is 22.5. The highest BCUT2D eigenvalue weighted by Gasteiger charge is 2.41. The van der Waals surface area contributed by atoms with Crippen molar-refractivity contribution in [3.63, 3.8) is 0 Å². The number of rotatable bonds is 8. The second-order valence-electron chi connectivity index (χ2n) is 10.4. The zero-order chi connectivity index (χ0) is 25.7. The minimum Gasteiger partial charge on any atom is -0.493 e. The van der Waals surface area contributed by atoms with Crippen molar-refractivity contribution in [1.29, 1.82) is 0 Å². The van der Waals surface area contributed by atoms with Gasteiger partial charge in [0.25, 0.3) is 5.91 Å². The molecule has 4 rings (SSSR count). The molecule has 1 aliphatic heterocycles. The molecule has 7 nitrogen and oxygen atoms in total. The summed E-state index contributed by atoms with van der Waals surface area (Å²) in [5.41, 5.74) is 0.736. The van der Waals surface area contributed by atoms with Gasteiger partial charge in [0.2, 0.25) is 5.75 Å². The fraction of sp³-hybridized carbons (Fsp3) is 0.655. The average molecular weight is 499 g/mol. The van der Waals surface area contributed by atoms with Crippen LogP contribution < -0.4 is 14.2 Å². The van der Waals surface area contributed by atoms with E-state index in [0.717, 1.165) is 18.4 Å². The molecule has 1 heterocycles. The van der Waals surface area contributed by atoms with Gasteiger partial charge in [-0.3, -0.25) is 9.69 Å². The Balaban J connectivity index is 1.67. The SMILES string of the molecule is COc1cc(/C=C2/OC(=N[C@@H](C)C3CCCCC3)N(C(C)C3CCCCC3)C2=O)cc(OC)c1OC. The van der Waals surface area contributed by atoms with Gasteiger partial charge >= 0.3 is 6.02 Å². The number of amidine groups is 1. The molecule has 1 amide bonds. The minimum atomic E-state index is -0.128. The van der Waals surface area contributed by atoms with E-state index in [9.17, 15) is 4.79 Å². The van der Waals surface area contributed by atoms with Crippen molar-refractivity contribution in [3.8, 4) is 17.2 Å². The Labute approximate surface area is 215 Å². The molecule has 36 heavy (non-hydrogen) atoms. The average Bonchev–Trinajstić information content (AvgIpc) is 3.22. The molecular weight excluding hydrogens is 456 g/mol. The quantitative estimate of drug-likeness (QED) is 0.399. The van der Waals surface area contributed by atoms with Crippen LogP contribution in [0.1, 0.15) is 83.6 Å². The predicted octanol–water partition coefficient (Wildman–Crippen LogP) is 6.21. The van der Waals surface area contributed by atoms with Crippen LogP contribution in [0.5, 0.6) is 17.2 Å². The Morgan fingerprint density at radius 2 is 1.44 bits per heavy atom. The van der Waals surface area contributed by atoms with Crippen molar-refractivity contribution in [2.45, 2.75) is 90.1 Å². The number of amides is 1. The lowest BCUT2D eigenvalue weighted by atomic mass is 9.84. The standard InChI is InChI=1S/C29H42N2O5/c1-19(22-12-8-6-9-13-22)30-29-31(20(2)23-14-10-7-11-15-23)28(32)26(36-29)18-21-16-24(33-3)27(35-5)25(17-21)34-4/h16-20,22-23H,6-15H2,1-5H3/b26-18+,30-29?/t19-,20?/m0/s1. The second kappa shape index (κ2) is 12.0. The maximum absolute atomic E-state index is 13.8. The number of benzene rings is 1. The summed E-state index contributed by atoms with van der Waals surface area (Å²) < 4.78 is 22.7. The van der Waals surface area contributed by atoms with Crippen molar-refractivity contribution in [2.75, 3.05) is 21.3 Å². The Hall–Kier alpha value is -2.70. The number of aliphatic imine (C=N–C) groups is 1. The van der Waals surface area contributed by atoms with E-state index in [0.29, 0.717) is 35.1 Å². The maximum atomic E-state index is 13.8. The number of hydrogen-bond acceptors (Lipinski definition) is 6. The van der Waals surface area contributed by atoms with E-state index in [1.165, 1.54) is 51.4 Å². The lowest BCUT2D eigenvalue weighted by molar-refractivity contribution is -0.125. The predicted molar refractivity (Wildman–Crippen MR) is 142 cm³/mol. The molecule has 7 heteroatoms. The summed E-state index contributed by atoms with van der Waals surface area (Å²) in [5, 5.41) is 0. The molecular formula is C29H42N2O5. The first-order valence-corrected chi connectivity index (χ1v) is 13.6. The fourth-order valence-electron chi connectivity index (χ4n) is 6.00. The van der Waals surface area contributed by atoms with E-state index in [2.05, 4.69) is 13.8 Å². The molecule has 0 radical (unpaired) electrons. The van der Waals surface area contributed by atoms with Crippen LogP contribution in [0.4, 0.5) is 0 Å². The molecule has 0 bridgehead atoms. The molecule has 2 atom stereocenters. The molecule has 1 unspecified atom stereocenters. The third-order valence-electron chi connectivity index (χ3n) is 8.21. The van der Waals surface area contributed by atoms with Crippen molar-refractivity contribution >= 4 is 18.0 Å². The molecule has 3 aliphatic rings. The van der Waals surface area contributed by atoms with E-state index in [1.54, 1.807) is 27.4 Å². The molecule has 1 aromatic rings. The molecule has 0 N–H and O–H groups in total. The number of methoxy groups -OCH3 is 3. The Morgan fingerprint density at radius 3 is 1.97 bits per heavy atom. The Kier molecular flexibility index (Phi) is 8.81. The summed E-state index contributed by atoms with van der Waals surface area (Å²) in [7, 11) is 4.73. The van der Waals surface area contributed by atoms with Gasteiger partial charge in [-0.25, -0.2) is 4.99 Å².